The van der Waals surface area contributed by atoms with Crippen LogP contribution in [0.3, 0.4) is 0 Å². The molecule has 2 aromatic rings. The second kappa shape index (κ2) is 14.9. The molecule has 2 aliphatic rings. The molecule has 4 N–H and O–H groups in total. The van der Waals surface area contributed by atoms with Crippen LogP contribution >= 0.6 is 19.2 Å². The molecule has 0 aromatic carbocycles. The Morgan fingerprint density at radius 3 is 2.67 bits per heavy atom. The van der Waals surface area contributed by atoms with Crippen LogP contribution in [-0.2, 0) is 37.6 Å². The lowest BCUT2D eigenvalue weighted by molar-refractivity contribution is -0.164. The van der Waals surface area contributed by atoms with Gasteiger partial charge in [-0.25, -0.2) is 4.98 Å². The van der Waals surface area contributed by atoms with Gasteiger partial charge in [-0.3, -0.25) is 13.9 Å². The molecule has 43 heavy (non-hydrogen) atoms. The van der Waals surface area contributed by atoms with Crippen molar-refractivity contribution in [1.82, 2.24) is 14.5 Å². The van der Waals surface area contributed by atoms with Crippen molar-refractivity contribution >= 4 is 42.0 Å². The third kappa shape index (κ3) is 8.85. The van der Waals surface area contributed by atoms with Gasteiger partial charge < -0.3 is 48.7 Å². The number of methoxy groups -OCH3 is 1. The number of aliphatic hydroxyl groups is 2. The van der Waals surface area contributed by atoms with Gasteiger partial charge in [0.15, 0.2) is 6.23 Å². The van der Waals surface area contributed by atoms with Crippen LogP contribution in [0.25, 0.3) is 11.0 Å². The van der Waals surface area contributed by atoms with Gasteiger partial charge in [0.05, 0.1) is 37.2 Å². The normalized spacial score (nSPS) is 24.4. The predicted octanol–water partition coefficient (Wildman–Crippen LogP) is 2.42. The first kappa shape index (κ1) is 34.0. The van der Waals surface area contributed by atoms with Crippen LogP contribution in [0.1, 0.15) is 45.8 Å². The second-order valence-corrected chi connectivity index (χ2v) is 13.3. The molecule has 1 saturated carbocycles. The molecular weight excluding hydrogens is 611 g/mol. The summed E-state index contributed by atoms with van der Waals surface area (Å²) in [5, 5.41) is 25.5. The average molecular weight is 651 g/mol. The van der Waals surface area contributed by atoms with E-state index in [2.05, 4.69) is 15.3 Å². The highest BCUT2D eigenvalue weighted by molar-refractivity contribution is 7.52. The zero-order valence-electron chi connectivity index (χ0n) is 24.4. The van der Waals surface area contributed by atoms with Crippen LogP contribution in [0.4, 0.5) is 5.82 Å². The average Bonchev–Trinajstić information content (AvgIpc) is 3.67. The second-order valence-electron chi connectivity index (χ2n) is 11.2. The van der Waals surface area contributed by atoms with Crippen molar-refractivity contribution in [3.63, 3.8) is 0 Å². The quantitative estimate of drug-likeness (QED) is 0.0680. The highest BCUT2D eigenvalue weighted by Gasteiger charge is 2.44. The molecule has 1 unspecified atom stereocenters. The maximum Gasteiger partial charge on any atom is 0.356 e. The SMILES string of the molecule is COCCOCC(C)(C)C(=O)OCOP(=O)(O)COC[C@H]1O[C@@H](n2ccc3c(NC4CCCC4)nc(Cl)nc32)[C@H](O)[C@@H]1O. The van der Waals surface area contributed by atoms with E-state index in [-0.39, 0.29) is 24.5 Å². The minimum Gasteiger partial charge on any atom is -0.437 e. The fourth-order valence-corrected chi connectivity index (χ4v) is 5.68. The standard InChI is InChI=1S/C26H40ClN4O11P/c1-26(2,13-38-11-10-37-3)24(34)40-14-41-43(35,36)15-39-12-18-19(32)20(33)23(42-18)31-9-8-17-21(28-16-6-4-5-7-16)29-25(27)30-22(17)31/h8-9,16,18-20,23,32-33H,4-7,10-15H2,1-3H3,(H,35,36)(H,28,29,30)/t18-,19-,20-,23-/m1/s1. The number of rotatable bonds is 16. The van der Waals surface area contributed by atoms with Gasteiger partial charge in [-0.1, -0.05) is 12.8 Å². The van der Waals surface area contributed by atoms with E-state index >= 15 is 0 Å². The first-order valence-corrected chi connectivity index (χ1v) is 16.2. The number of anilines is 1. The Labute approximate surface area is 254 Å². The van der Waals surface area contributed by atoms with Gasteiger partial charge >= 0.3 is 13.6 Å². The Kier molecular flexibility index (Phi) is 11.8. The van der Waals surface area contributed by atoms with Crippen molar-refractivity contribution < 1.29 is 52.7 Å². The van der Waals surface area contributed by atoms with Gasteiger partial charge in [0.2, 0.25) is 12.1 Å². The van der Waals surface area contributed by atoms with Crippen molar-refractivity contribution in [3.05, 3.63) is 17.5 Å². The van der Waals surface area contributed by atoms with Crippen LogP contribution in [0, 0.1) is 5.41 Å². The summed E-state index contributed by atoms with van der Waals surface area (Å²) in [6, 6.07) is 2.06. The molecular formula is C26H40ClN4O11P. The van der Waals surface area contributed by atoms with Crippen LogP contribution in [0.5, 0.6) is 0 Å². The van der Waals surface area contributed by atoms with Crippen molar-refractivity contribution in [2.24, 2.45) is 5.41 Å². The Morgan fingerprint density at radius 2 is 1.95 bits per heavy atom. The van der Waals surface area contributed by atoms with Gasteiger partial charge in [0.25, 0.3) is 0 Å². The zero-order valence-corrected chi connectivity index (χ0v) is 26.0. The van der Waals surface area contributed by atoms with Crippen molar-refractivity contribution in [3.8, 4) is 0 Å². The maximum absolute atomic E-state index is 12.4. The molecule has 15 nitrogen and oxygen atoms in total. The molecule has 0 radical (unpaired) electrons. The number of aromatic nitrogens is 3. The summed E-state index contributed by atoms with van der Waals surface area (Å²) in [7, 11) is -2.80. The highest BCUT2D eigenvalue weighted by atomic mass is 35.5. The maximum atomic E-state index is 12.4. The molecule has 0 spiro atoms. The first-order valence-electron chi connectivity index (χ1n) is 14.0. The summed E-state index contributed by atoms with van der Waals surface area (Å²) in [5.41, 5.74) is -0.609. The molecule has 4 rings (SSSR count). The third-order valence-electron chi connectivity index (χ3n) is 7.28. The molecule has 242 valence electrons. The molecule has 17 heteroatoms. The number of carbonyl (C=O) groups excluding carboxylic acids is 1. The number of esters is 1. The monoisotopic (exact) mass is 650 g/mol. The smallest absolute Gasteiger partial charge is 0.356 e. The number of halogens is 1. The van der Waals surface area contributed by atoms with E-state index in [0.717, 1.165) is 25.7 Å². The molecule has 2 fully saturated rings. The molecule has 1 saturated heterocycles. The summed E-state index contributed by atoms with van der Waals surface area (Å²) in [6.45, 7) is 2.82. The lowest BCUT2D eigenvalue weighted by Gasteiger charge is -2.22. The number of ether oxygens (including phenoxy) is 5. The molecule has 1 aliphatic carbocycles. The lowest BCUT2D eigenvalue weighted by Crippen LogP contribution is -2.34. The van der Waals surface area contributed by atoms with Gasteiger partial charge in [-0.15, -0.1) is 0 Å². The predicted molar refractivity (Wildman–Crippen MR) is 154 cm³/mol. The number of nitrogens with one attached hydrogen (secondary N) is 1. The first-order chi connectivity index (χ1) is 20.4. The van der Waals surface area contributed by atoms with Crippen molar-refractivity contribution in [1.29, 1.82) is 0 Å². The van der Waals surface area contributed by atoms with E-state index in [1.54, 1.807) is 30.7 Å². The van der Waals surface area contributed by atoms with E-state index in [4.69, 9.17) is 39.8 Å². The third-order valence-corrected chi connectivity index (χ3v) is 8.47. The van der Waals surface area contributed by atoms with Crippen LogP contribution in [0.15, 0.2) is 12.3 Å². The molecule has 3 heterocycles. The topological polar surface area (TPSA) is 193 Å². The van der Waals surface area contributed by atoms with E-state index in [0.29, 0.717) is 30.1 Å². The van der Waals surface area contributed by atoms with Gasteiger partial charge in [-0.2, -0.15) is 4.98 Å². The number of fused-ring (bicyclic) bond motifs is 1. The zero-order chi connectivity index (χ0) is 31.2. The van der Waals surface area contributed by atoms with Crippen LogP contribution < -0.4 is 5.32 Å². The Bertz CT molecular complexity index is 1280. The Balaban J connectivity index is 1.27. The van der Waals surface area contributed by atoms with Gasteiger partial charge in [-0.05, 0) is 44.4 Å². The summed E-state index contributed by atoms with van der Waals surface area (Å²) < 4.78 is 45.2. The molecule has 2 aromatic heterocycles. The number of hydrogen-bond acceptors (Lipinski definition) is 13. The lowest BCUT2D eigenvalue weighted by atomic mass is 9.95. The van der Waals surface area contributed by atoms with Crippen LogP contribution in [-0.4, -0.2) is 107 Å². The van der Waals surface area contributed by atoms with Crippen molar-refractivity contribution in [2.45, 2.75) is 70.1 Å². The summed E-state index contributed by atoms with van der Waals surface area (Å²) >= 11 is 6.21. The van der Waals surface area contributed by atoms with E-state index in [1.807, 2.05) is 0 Å². The molecule has 1 aliphatic heterocycles. The van der Waals surface area contributed by atoms with Crippen molar-refractivity contribution in [2.75, 3.05) is 52.0 Å². The number of carbonyl (C=O) groups is 1. The molecule has 0 bridgehead atoms. The molecule has 0 amide bonds. The van der Waals surface area contributed by atoms with Gasteiger partial charge in [0.1, 0.15) is 36.1 Å². The highest BCUT2D eigenvalue weighted by Crippen LogP contribution is 2.42. The van der Waals surface area contributed by atoms with Crippen LogP contribution in [0.2, 0.25) is 5.28 Å². The largest absolute Gasteiger partial charge is 0.437 e. The summed E-state index contributed by atoms with van der Waals surface area (Å²) in [5.74, 6) is -0.101. The van der Waals surface area contributed by atoms with E-state index in [9.17, 15) is 24.5 Å². The van der Waals surface area contributed by atoms with E-state index < -0.39 is 56.7 Å². The van der Waals surface area contributed by atoms with E-state index in [1.165, 1.54) is 7.11 Å². The fourth-order valence-electron chi connectivity index (χ4n) is 4.89. The van der Waals surface area contributed by atoms with Gasteiger partial charge in [0, 0.05) is 19.3 Å². The Morgan fingerprint density at radius 1 is 1.21 bits per heavy atom. The Hall–Kier alpha value is -1.91. The summed E-state index contributed by atoms with van der Waals surface area (Å²) in [6.07, 6.45) is 0.416. The minimum atomic E-state index is -4.33. The summed E-state index contributed by atoms with van der Waals surface area (Å²) in [4.78, 5) is 31.0. The number of aliphatic hydroxyl groups excluding tert-OH is 2. The molecule has 5 atom stereocenters. The number of nitrogens with zero attached hydrogens (tertiary/aromatic N) is 3. The number of hydrogen-bond donors (Lipinski definition) is 4. The minimum absolute atomic E-state index is 0.0178. The fraction of sp³-hybridized carbons (Fsp3) is 0.731.